The molecule has 0 amide bonds. The number of aromatic nitrogens is 3. The van der Waals surface area contributed by atoms with Gasteiger partial charge in [-0.05, 0) is 106 Å². The van der Waals surface area contributed by atoms with Crippen molar-refractivity contribution >= 4 is 71.9 Å². The molecule has 0 radical (unpaired) electrons. The van der Waals surface area contributed by atoms with Crippen LogP contribution in [-0.4, -0.2) is 14.5 Å². The van der Waals surface area contributed by atoms with Gasteiger partial charge in [-0.15, -0.1) is 11.3 Å². The highest BCUT2D eigenvalue weighted by molar-refractivity contribution is 14.1. The molecule has 9 aromatic rings. The predicted octanol–water partition coefficient (Wildman–Crippen LogP) is 14.1. The maximum Gasteiger partial charge on any atom is 0.160 e. The van der Waals surface area contributed by atoms with Crippen LogP contribution in [0.1, 0.15) is 17.7 Å². The molecule has 0 bridgehead atoms. The summed E-state index contributed by atoms with van der Waals surface area (Å²) in [5, 5.41) is 3.55. The molecule has 10 rings (SSSR count). The van der Waals surface area contributed by atoms with Crippen molar-refractivity contribution in [1.29, 1.82) is 0 Å². The normalized spacial score (nSPS) is 12.2. The number of para-hydroxylation sites is 1. The Morgan fingerprint density at radius 3 is 2.07 bits per heavy atom. The van der Waals surface area contributed by atoms with Crippen molar-refractivity contribution in [3.05, 3.63) is 190 Å². The van der Waals surface area contributed by atoms with Crippen molar-refractivity contribution < 1.29 is 0 Å². The Kier molecular flexibility index (Phi) is 8.81. The molecule has 6 aromatic carbocycles. The third-order valence-electron chi connectivity index (χ3n) is 10.5. The fourth-order valence-corrected chi connectivity index (χ4v) is 9.63. The topological polar surface area (TPSA) is 30.7 Å². The smallest absolute Gasteiger partial charge is 0.160 e. The van der Waals surface area contributed by atoms with E-state index >= 15 is 0 Å². The van der Waals surface area contributed by atoms with Crippen LogP contribution in [0.4, 0.5) is 0 Å². The van der Waals surface area contributed by atoms with E-state index in [4.69, 9.17) is 9.97 Å². The number of hydrogen-bond donors (Lipinski definition) is 0. The molecule has 0 spiro atoms. The number of benzene rings is 6. The standard InChI is InChI=1S/C50H34IN3S/c51-48-32-37(16-11-15-34-12-7-10-21-47(34)55-48)33-22-24-36(25-23-33)50-52-44-29-27-38(30-43(44)49(53-50)35-13-3-1-4-14-35)39-26-28-42-41-19-8-9-20-45(41)54(46(42)31-39)40-17-5-2-6-18-40/h1-8,10-19,21-32H,9,20H2. The van der Waals surface area contributed by atoms with Crippen molar-refractivity contribution in [2.24, 2.45) is 0 Å². The zero-order chi connectivity index (χ0) is 36.7. The molecule has 262 valence electrons. The fraction of sp³-hybridized carbons (Fsp3) is 0.0400. The van der Waals surface area contributed by atoms with Crippen LogP contribution >= 0.6 is 33.9 Å². The molecule has 1 aliphatic carbocycles. The summed E-state index contributed by atoms with van der Waals surface area (Å²) in [7, 11) is 0. The molecule has 1 aliphatic rings. The highest BCUT2D eigenvalue weighted by Gasteiger charge is 2.20. The third-order valence-corrected chi connectivity index (χ3v) is 12.3. The minimum atomic E-state index is 0.714. The summed E-state index contributed by atoms with van der Waals surface area (Å²) >= 11 is 4.24. The maximum absolute atomic E-state index is 5.28. The van der Waals surface area contributed by atoms with Crippen molar-refractivity contribution in [3.63, 3.8) is 0 Å². The molecule has 0 saturated heterocycles. The molecule has 0 fully saturated rings. The third kappa shape index (κ3) is 6.43. The molecule has 55 heavy (non-hydrogen) atoms. The Labute approximate surface area is 337 Å². The first kappa shape index (κ1) is 33.7. The van der Waals surface area contributed by atoms with E-state index in [2.05, 4.69) is 209 Å². The number of halogens is 1. The lowest BCUT2D eigenvalue weighted by molar-refractivity contribution is 0.888. The molecule has 0 atom stereocenters. The van der Waals surface area contributed by atoms with Crippen LogP contribution in [0, 0.1) is 2.88 Å². The zero-order valence-electron chi connectivity index (χ0n) is 29.9. The summed E-state index contributed by atoms with van der Waals surface area (Å²) in [5.41, 5.74) is 13.7. The van der Waals surface area contributed by atoms with Crippen LogP contribution in [0.2, 0.25) is 0 Å². The second kappa shape index (κ2) is 14.4. The van der Waals surface area contributed by atoms with E-state index in [1.807, 2.05) is 0 Å². The van der Waals surface area contributed by atoms with E-state index in [-0.39, 0.29) is 0 Å². The monoisotopic (exact) mass is 835 g/mol. The Hall–Kier alpha value is -5.89. The SMILES string of the molecule is Ic1cc(-c2ccc(-c3nc(-c4ccccc4)c4cc(-c5ccc6c7c(n(-c8ccccc8)c6c5)CCC=C7)ccc4n3)cc2)cccc2ccccc2s1. The van der Waals surface area contributed by atoms with E-state index < -0.39 is 0 Å². The lowest BCUT2D eigenvalue weighted by Gasteiger charge is -2.14. The van der Waals surface area contributed by atoms with Crippen LogP contribution in [0.15, 0.2) is 176 Å². The van der Waals surface area contributed by atoms with Gasteiger partial charge in [0.2, 0.25) is 0 Å². The maximum atomic E-state index is 5.28. The number of nitrogens with zero attached hydrogens (tertiary/aromatic N) is 3. The second-order valence-corrected chi connectivity index (χ2v) is 16.8. The van der Waals surface area contributed by atoms with E-state index in [0.717, 1.165) is 57.3 Å². The quantitative estimate of drug-likeness (QED) is 0.162. The molecule has 0 unspecified atom stereocenters. The summed E-state index contributed by atoms with van der Waals surface area (Å²) in [6, 6.07) is 60.7. The lowest BCUT2D eigenvalue weighted by Crippen LogP contribution is -2.02. The van der Waals surface area contributed by atoms with Gasteiger partial charge < -0.3 is 4.57 Å². The zero-order valence-corrected chi connectivity index (χ0v) is 32.8. The number of fused-ring (bicyclic) bond motifs is 5. The minimum Gasteiger partial charge on any atom is -0.313 e. The average Bonchev–Trinajstić information content (AvgIpc) is 3.61. The van der Waals surface area contributed by atoms with Crippen molar-refractivity contribution in [2.75, 3.05) is 0 Å². The van der Waals surface area contributed by atoms with Crippen LogP contribution in [0.5, 0.6) is 0 Å². The van der Waals surface area contributed by atoms with Gasteiger partial charge in [-0.3, -0.25) is 0 Å². The summed E-state index contributed by atoms with van der Waals surface area (Å²) < 4.78 is 4.93. The molecule has 3 aromatic heterocycles. The number of hydrogen-bond acceptors (Lipinski definition) is 3. The first-order valence-corrected chi connectivity index (χ1v) is 20.5. The van der Waals surface area contributed by atoms with Crippen LogP contribution < -0.4 is 0 Å². The summed E-state index contributed by atoms with van der Waals surface area (Å²) in [5.74, 6) is 0.714. The van der Waals surface area contributed by atoms with E-state index in [1.54, 1.807) is 11.3 Å². The Morgan fingerprint density at radius 1 is 0.545 bits per heavy atom. The minimum absolute atomic E-state index is 0.714. The molecule has 0 saturated carbocycles. The fourth-order valence-electron chi connectivity index (χ4n) is 7.79. The largest absolute Gasteiger partial charge is 0.313 e. The number of rotatable bonds is 5. The van der Waals surface area contributed by atoms with Crippen LogP contribution in [0.25, 0.3) is 88.6 Å². The van der Waals surface area contributed by atoms with Gasteiger partial charge >= 0.3 is 0 Å². The summed E-state index contributed by atoms with van der Waals surface area (Å²) in [6.07, 6.45) is 6.69. The highest BCUT2D eigenvalue weighted by atomic mass is 127. The van der Waals surface area contributed by atoms with Crippen LogP contribution in [-0.2, 0) is 6.42 Å². The van der Waals surface area contributed by atoms with Gasteiger partial charge in [0.1, 0.15) is 0 Å². The Morgan fingerprint density at radius 2 is 1.22 bits per heavy atom. The van der Waals surface area contributed by atoms with E-state index in [9.17, 15) is 0 Å². The molecule has 3 nitrogen and oxygen atoms in total. The van der Waals surface area contributed by atoms with Crippen molar-refractivity contribution in [1.82, 2.24) is 14.5 Å². The predicted molar refractivity (Wildman–Crippen MR) is 241 cm³/mol. The second-order valence-electron chi connectivity index (χ2n) is 13.8. The molecule has 3 heterocycles. The lowest BCUT2D eigenvalue weighted by atomic mass is 9.98. The van der Waals surface area contributed by atoms with Gasteiger partial charge in [0.05, 0.1) is 19.6 Å². The highest BCUT2D eigenvalue weighted by Crippen LogP contribution is 2.38. The first-order chi connectivity index (χ1) is 27.2. The Bertz CT molecular complexity index is 2980. The number of allylic oxidation sites excluding steroid dienone is 1. The van der Waals surface area contributed by atoms with Gasteiger partial charge in [0, 0.05) is 43.5 Å². The van der Waals surface area contributed by atoms with Gasteiger partial charge in [0.15, 0.2) is 5.82 Å². The Balaban J connectivity index is 1.07. The summed E-state index contributed by atoms with van der Waals surface area (Å²) in [6.45, 7) is 0. The van der Waals surface area contributed by atoms with Crippen molar-refractivity contribution in [2.45, 2.75) is 12.8 Å². The van der Waals surface area contributed by atoms with Gasteiger partial charge in [0.25, 0.3) is 0 Å². The molecule has 0 N–H and O–H groups in total. The average molecular weight is 836 g/mol. The van der Waals surface area contributed by atoms with Crippen molar-refractivity contribution in [3.8, 4) is 50.6 Å². The molecule has 5 heteroatoms. The first-order valence-electron chi connectivity index (χ1n) is 18.6. The molecular formula is C50H34IN3S. The van der Waals surface area contributed by atoms with E-state index in [0.29, 0.717) is 5.82 Å². The van der Waals surface area contributed by atoms with Gasteiger partial charge in [-0.25, -0.2) is 9.97 Å². The van der Waals surface area contributed by atoms with Gasteiger partial charge in [-0.1, -0.05) is 140 Å². The molecular weight excluding hydrogens is 802 g/mol. The van der Waals surface area contributed by atoms with E-state index in [1.165, 1.54) is 46.4 Å². The van der Waals surface area contributed by atoms with Gasteiger partial charge in [-0.2, -0.15) is 0 Å². The molecule has 0 aliphatic heterocycles. The summed E-state index contributed by atoms with van der Waals surface area (Å²) in [4.78, 5) is 10.4. The van der Waals surface area contributed by atoms with Crippen LogP contribution in [0.3, 0.4) is 0 Å².